The molecule has 0 saturated carbocycles. The van der Waals surface area contributed by atoms with Crippen LogP contribution in [0.15, 0.2) is 59.5 Å². The first kappa shape index (κ1) is 14.9. The van der Waals surface area contributed by atoms with Crippen LogP contribution in [0.5, 0.6) is 5.75 Å². The summed E-state index contributed by atoms with van der Waals surface area (Å²) in [7, 11) is 0. The molecule has 0 aliphatic rings. The lowest BCUT2D eigenvalue weighted by Crippen LogP contribution is -2.23. The second-order valence-electron chi connectivity index (χ2n) is 4.58. The van der Waals surface area contributed by atoms with Crippen molar-refractivity contribution < 1.29 is 4.74 Å². The normalized spacial score (nSPS) is 10.4. The third-order valence-corrected chi connectivity index (χ3v) is 3.84. The lowest BCUT2D eigenvalue weighted by Gasteiger charge is -2.08. The van der Waals surface area contributed by atoms with Gasteiger partial charge >= 0.3 is 0 Å². The molecule has 106 valence electrons. The summed E-state index contributed by atoms with van der Waals surface area (Å²) in [4.78, 5) is 1.32. The molecule has 0 fully saturated rings. The first-order chi connectivity index (χ1) is 9.84. The zero-order valence-electron chi connectivity index (χ0n) is 11.8. The van der Waals surface area contributed by atoms with Crippen LogP contribution in [0.2, 0.25) is 0 Å². The molecule has 0 radical (unpaired) electrons. The summed E-state index contributed by atoms with van der Waals surface area (Å²) in [5, 5.41) is 3.39. The molecule has 0 aliphatic heterocycles. The summed E-state index contributed by atoms with van der Waals surface area (Å²) in [6, 6.07) is 18.6. The van der Waals surface area contributed by atoms with Gasteiger partial charge in [0.25, 0.3) is 0 Å². The van der Waals surface area contributed by atoms with E-state index in [-0.39, 0.29) is 0 Å². The maximum atomic E-state index is 5.68. The van der Waals surface area contributed by atoms with Crippen LogP contribution >= 0.6 is 11.8 Å². The molecular weight excluding hydrogens is 266 g/mol. The second kappa shape index (κ2) is 8.67. The van der Waals surface area contributed by atoms with Crippen LogP contribution < -0.4 is 10.1 Å². The van der Waals surface area contributed by atoms with E-state index in [2.05, 4.69) is 48.6 Å². The highest BCUT2D eigenvalue weighted by atomic mass is 32.2. The van der Waals surface area contributed by atoms with Crippen molar-refractivity contribution in [2.45, 2.75) is 11.8 Å². The lowest BCUT2D eigenvalue weighted by molar-refractivity contribution is 0.315. The number of thioether (sulfide) groups is 1. The van der Waals surface area contributed by atoms with Crippen LogP contribution in [0.25, 0.3) is 0 Å². The average Bonchev–Trinajstić information content (AvgIpc) is 2.47. The van der Waals surface area contributed by atoms with E-state index < -0.39 is 0 Å². The van der Waals surface area contributed by atoms with Gasteiger partial charge in [-0.3, -0.25) is 0 Å². The minimum atomic E-state index is 0.708. The molecule has 0 amide bonds. The Morgan fingerprint density at radius 2 is 1.85 bits per heavy atom. The first-order valence-electron chi connectivity index (χ1n) is 6.92. The Morgan fingerprint density at radius 1 is 1.00 bits per heavy atom. The van der Waals surface area contributed by atoms with Gasteiger partial charge in [0, 0.05) is 23.7 Å². The van der Waals surface area contributed by atoms with Crippen LogP contribution in [-0.2, 0) is 0 Å². The maximum Gasteiger partial charge on any atom is 0.119 e. The fourth-order valence-corrected chi connectivity index (χ4v) is 2.66. The largest absolute Gasteiger partial charge is 0.492 e. The Balaban J connectivity index is 1.52. The van der Waals surface area contributed by atoms with Crippen LogP contribution in [-0.4, -0.2) is 25.4 Å². The number of hydrogen-bond acceptors (Lipinski definition) is 3. The molecule has 1 N–H and O–H groups in total. The van der Waals surface area contributed by atoms with E-state index in [9.17, 15) is 0 Å². The molecule has 0 aliphatic carbocycles. The summed E-state index contributed by atoms with van der Waals surface area (Å²) in [5.41, 5.74) is 1.23. The highest BCUT2D eigenvalue weighted by molar-refractivity contribution is 7.99. The predicted molar refractivity (Wildman–Crippen MR) is 86.7 cm³/mol. The minimum Gasteiger partial charge on any atom is -0.492 e. The molecular formula is C17H21NOS. The Hall–Kier alpha value is -1.45. The molecule has 0 atom stereocenters. The van der Waals surface area contributed by atoms with Gasteiger partial charge in [-0.15, -0.1) is 11.8 Å². The quantitative estimate of drug-likeness (QED) is 0.590. The third kappa shape index (κ3) is 5.68. The Bertz CT molecular complexity index is 501. The fourth-order valence-electron chi connectivity index (χ4n) is 1.83. The summed E-state index contributed by atoms with van der Waals surface area (Å²) >= 11 is 1.87. The van der Waals surface area contributed by atoms with Crippen LogP contribution in [0.1, 0.15) is 5.56 Å². The lowest BCUT2D eigenvalue weighted by atomic mass is 10.2. The highest BCUT2D eigenvalue weighted by Gasteiger charge is 1.95. The average molecular weight is 287 g/mol. The minimum absolute atomic E-state index is 0.708. The van der Waals surface area contributed by atoms with Gasteiger partial charge in [0.1, 0.15) is 12.4 Å². The van der Waals surface area contributed by atoms with Crippen molar-refractivity contribution in [3.63, 3.8) is 0 Å². The molecule has 2 aromatic carbocycles. The van der Waals surface area contributed by atoms with Gasteiger partial charge in [0.2, 0.25) is 0 Å². The standard InChI is InChI=1S/C17H21NOS/c1-15-6-5-7-16(14-15)19-12-10-18-11-13-20-17-8-3-2-4-9-17/h2-9,14,18H,10-13H2,1H3. The number of rotatable bonds is 8. The van der Waals surface area contributed by atoms with Crippen molar-refractivity contribution in [2.75, 3.05) is 25.4 Å². The van der Waals surface area contributed by atoms with Gasteiger partial charge in [0.15, 0.2) is 0 Å². The van der Waals surface area contributed by atoms with Crippen molar-refractivity contribution in [3.05, 3.63) is 60.2 Å². The summed E-state index contributed by atoms with van der Waals surface area (Å²) in [6.45, 7) is 4.66. The molecule has 0 spiro atoms. The van der Waals surface area contributed by atoms with Crippen LogP contribution in [0.4, 0.5) is 0 Å². The van der Waals surface area contributed by atoms with Crippen molar-refractivity contribution in [2.24, 2.45) is 0 Å². The second-order valence-corrected chi connectivity index (χ2v) is 5.74. The van der Waals surface area contributed by atoms with Crippen LogP contribution in [0, 0.1) is 6.92 Å². The number of benzene rings is 2. The van der Waals surface area contributed by atoms with E-state index in [1.165, 1.54) is 10.5 Å². The zero-order chi connectivity index (χ0) is 14.0. The van der Waals surface area contributed by atoms with E-state index in [0.717, 1.165) is 24.6 Å². The third-order valence-electron chi connectivity index (χ3n) is 2.83. The van der Waals surface area contributed by atoms with E-state index in [4.69, 9.17) is 4.74 Å². The molecule has 20 heavy (non-hydrogen) atoms. The Kier molecular flexibility index (Phi) is 6.48. The predicted octanol–water partition coefficient (Wildman–Crippen LogP) is 3.76. The van der Waals surface area contributed by atoms with E-state index in [0.29, 0.717) is 6.61 Å². The number of nitrogens with one attached hydrogen (secondary N) is 1. The summed E-state index contributed by atoms with van der Waals surface area (Å²) in [5.74, 6) is 2.03. The number of hydrogen-bond donors (Lipinski definition) is 1. The van der Waals surface area contributed by atoms with Gasteiger partial charge in [-0.1, -0.05) is 30.3 Å². The van der Waals surface area contributed by atoms with Crippen molar-refractivity contribution >= 4 is 11.8 Å². The zero-order valence-corrected chi connectivity index (χ0v) is 12.7. The molecule has 2 rings (SSSR count). The number of aryl methyl sites for hydroxylation is 1. The smallest absolute Gasteiger partial charge is 0.119 e. The fraction of sp³-hybridized carbons (Fsp3) is 0.294. The Morgan fingerprint density at radius 3 is 2.65 bits per heavy atom. The van der Waals surface area contributed by atoms with E-state index >= 15 is 0 Å². The van der Waals surface area contributed by atoms with Gasteiger partial charge in [-0.2, -0.15) is 0 Å². The van der Waals surface area contributed by atoms with E-state index in [1.54, 1.807) is 0 Å². The molecule has 2 nitrogen and oxygen atoms in total. The molecule has 3 heteroatoms. The maximum absolute atomic E-state index is 5.68. The topological polar surface area (TPSA) is 21.3 Å². The van der Waals surface area contributed by atoms with Crippen LogP contribution in [0.3, 0.4) is 0 Å². The summed E-state index contributed by atoms with van der Waals surface area (Å²) < 4.78 is 5.68. The van der Waals surface area contributed by atoms with E-state index in [1.807, 2.05) is 30.0 Å². The molecule has 0 aromatic heterocycles. The molecule has 0 bridgehead atoms. The van der Waals surface area contributed by atoms with Crippen molar-refractivity contribution in [1.29, 1.82) is 0 Å². The molecule has 2 aromatic rings. The Labute approximate surface area is 125 Å². The molecule has 0 unspecified atom stereocenters. The van der Waals surface area contributed by atoms with Gasteiger partial charge < -0.3 is 10.1 Å². The van der Waals surface area contributed by atoms with Crippen molar-refractivity contribution in [1.82, 2.24) is 5.32 Å². The SMILES string of the molecule is Cc1cccc(OCCNCCSc2ccccc2)c1. The highest BCUT2D eigenvalue weighted by Crippen LogP contribution is 2.15. The van der Waals surface area contributed by atoms with Gasteiger partial charge in [0.05, 0.1) is 0 Å². The molecule has 0 saturated heterocycles. The summed E-state index contributed by atoms with van der Waals surface area (Å²) in [6.07, 6.45) is 0. The number of ether oxygens (including phenoxy) is 1. The van der Waals surface area contributed by atoms with Gasteiger partial charge in [-0.25, -0.2) is 0 Å². The van der Waals surface area contributed by atoms with Gasteiger partial charge in [-0.05, 0) is 36.8 Å². The molecule has 0 heterocycles. The van der Waals surface area contributed by atoms with Crippen molar-refractivity contribution in [3.8, 4) is 5.75 Å². The monoisotopic (exact) mass is 287 g/mol. The first-order valence-corrected chi connectivity index (χ1v) is 7.91.